The van der Waals surface area contributed by atoms with E-state index >= 15 is 0 Å². The Kier molecular flexibility index (Phi) is 5.62. The standard InChI is InChI=1S/C13H13BrClN3O3S3/c14-10-7-9(12-16-4-5-22-12)13(19)18(10)17-24(20,21)6-3-8-1-2-11(15)23-8/h1-2,4-5,9-10,17H,3,6-7H2/t9-,10?/m1/s1. The molecule has 2 atom stereocenters. The van der Waals surface area contributed by atoms with Crippen molar-refractivity contribution < 1.29 is 13.2 Å². The van der Waals surface area contributed by atoms with E-state index in [0.29, 0.717) is 22.2 Å². The van der Waals surface area contributed by atoms with Crippen molar-refractivity contribution in [2.75, 3.05) is 5.75 Å². The molecule has 3 heterocycles. The molecule has 2 aromatic heterocycles. The van der Waals surface area contributed by atoms with Gasteiger partial charge in [-0.25, -0.2) is 18.4 Å². The van der Waals surface area contributed by atoms with Crippen LogP contribution in [0.4, 0.5) is 0 Å². The number of carbonyl (C=O) groups is 1. The van der Waals surface area contributed by atoms with Gasteiger partial charge in [-0.15, -0.1) is 27.5 Å². The maximum atomic E-state index is 12.5. The van der Waals surface area contributed by atoms with Gasteiger partial charge in [-0.3, -0.25) is 4.79 Å². The Bertz CT molecular complexity index is 825. The van der Waals surface area contributed by atoms with Gasteiger partial charge in [0, 0.05) is 16.5 Å². The van der Waals surface area contributed by atoms with Crippen LogP contribution in [0.15, 0.2) is 23.7 Å². The summed E-state index contributed by atoms with van der Waals surface area (Å²) in [5.74, 6) is -0.835. The lowest BCUT2D eigenvalue weighted by Gasteiger charge is -2.21. The number of aromatic nitrogens is 1. The monoisotopic (exact) mass is 469 g/mol. The van der Waals surface area contributed by atoms with E-state index in [1.807, 2.05) is 0 Å². The van der Waals surface area contributed by atoms with E-state index in [9.17, 15) is 13.2 Å². The molecule has 1 N–H and O–H groups in total. The Morgan fingerprint density at radius 1 is 1.46 bits per heavy atom. The second kappa shape index (κ2) is 7.38. The van der Waals surface area contributed by atoms with Crippen LogP contribution in [-0.4, -0.2) is 35.0 Å². The third-order valence-corrected chi connectivity index (χ3v) is 7.66. The highest BCUT2D eigenvalue weighted by Gasteiger charge is 2.42. The van der Waals surface area contributed by atoms with E-state index < -0.39 is 20.9 Å². The number of alkyl halides is 1. The second-order valence-corrected chi connectivity index (χ2v) is 10.8. The molecule has 0 aliphatic carbocycles. The van der Waals surface area contributed by atoms with Gasteiger partial charge in [-0.05, 0) is 25.0 Å². The fourth-order valence-electron chi connectivity index (χ4n) is 2.34. The van der Waals surface area contributed by atoms with Crippen molar-refractivity contribution in [3.8, 4) is 0 Å². The molecule has 0 bridgehead atoms. The zero-order valence-corrected chi connectivity index (χ0v) is 17.0. The Morgan fingerprint density at radius 2 is 2.25 bits per heavy atom. The van der Waals surface area contributed by atoms with E-state index in [1.54, 1.807) is 23.7 Å². The number of carbonyl (C=O) groups excluding carboxylic acids is 1. The predicted molar refractivity (Wildman–Crippen MR) is 99.0 cm³/mol. The van der Waals surface area contributed by atoms with Gasteiger partial charge in [0.1, 0.15) is 9.96 Å². The van der Waals surface area contributed by atoms with Crippen LogP contribution in [-0.2, 0) is 21.2 Å². The number of hydrogen-bond acceptors (Lipinski definition) is 6. The highest BCUT2D eigenvalue weighted by Crippen LogP contribution is 2.35. The molecule has 11 heteroatoms. The number of halogens is 2. The van der Waals surface area contributed by atoms with Gasteiger partial charge in [0.05, 0.1) is 16.0 Å². The minimum atomic E-state index is -3.64. The Morgan fingerprint density at radius 3 is 2.88 bits per heavy atom. The molecule has 1 aliphatic heterocycles. The smallest absolute Gasteiger partial charge is 0.248 e. The molecule has 24 heavy (non-hydrogen) atoms. The van der Waals surface area contributed by atoms with E-state index in [4.69, 9.17) is 11.6 Å². The van der Waals surface area contributed by atoms with Crippen molar-refractivity contribution in [3.05, 3.63) is 37.9 Å². The van der Waals surface area contributed by atoms with Gasteiger partial charge in [0.2, 0.25) is 15.9 Å². The molecular formula is C13H13BrClN3O3S3. The number of aryl methyl sites for hydroxylation is 1. The minimum absolute atomic E-state index is 0.116. The third-order valence-electron chi connectivity index (χ3n) is 3.48. The number of sulfonamides is 1. The number of hydrazine groups is 1. The average Bonchev–Trinajstić information content (AvgIpc) is 3.23. The van der Waals surface area contributed by atoms with Crippen molar-refractivity contribution in [1.29, 1.82) is 0 Å². The first kappa shape index (κ1) is 18.3. The number of rotatable bonds is 6. The summed E-state index contributed by atoms with van der Waals surface area (Å²) >= 11 is 11.9. The van der Waals surface area contributed by atoms with E-state index in [0.717, 1.165) is 9.89 Å². The molecule has 1 saturated heterocycles. The highest BCUT2D eigenvalue weighted by atomic mass is 79.9. The van der Waals surface area contributed by atoms with Crippen molar-refractivity contribution in [3.63, 3.8) is 0 Å². The fraction of sp³-hybridized carbons (Fsp3) is 0.385. The molecule has 6 nitrogen and oxygen atoms in total. The molecule has 1 aliphatic rings. The van der Waals surface area contributed by atoms with Crippen LogP contribution in [0.1, 0.15) is 22.2 Å². The van der Waals surface area contributed by atoms with Crippen LogP contribution in [0.3, 0.4) is 0 Å². The topological polar surface area (TPSA) is 79.4 Å². The summed E-state index contributed by atoms with van der Waals surface area (Å²) in [4.78, 5) is 19.5. The SMILES string of the molecule is O=C1[C@@H](c2nccs2)CC(Br)N1NS(=O)(=O)CCc1ccc(Cl)s1. The third kappa shape index (κ3) is 4.17. The zero-order chi connectivity index (χ0) is 17.3. The first-order valence-electron chi connectivity index (χ1n) is 6.96. The molecule has 0 radical (unpaired) electrons. The first-order valence-corrected chi connectivity index (χ1v) is 11.6. The summed E-state index contributed by atoms with van der Waals surface area (Å²) in [7, 11) is -3.64. The largest absolute Gasteiger partial charge is 0.273 e. The molecular weight excluding hydrogens is 458 g/mol. The molecule has 1 unspecified atom stereocenters. The van der Waals surface area contributed by atoms with Crippen LogP contribution in [0.2, 0.25) is 4.34 Å². The lowest BCUT2D eigenvalue weighted by atomic mass is 10.1. The Hall–Kier alpha value is -0.520. The summed E-state index contributed by atoms with van der Waals surface area (Å²) < 4.78 is 25.2. The fourth-order valence-corrected chi connectivity index (χ4v) is 6.21. The van der Waals surface area contributed by atoms with Crippen molar-refractivity contribution in [2.24, 2.45) is 0 Å². The van der Waals surface area contributed by atoms with Gasteiger partial charge in [-0.1, -0.05) is 27.5 Å². The molecule has 130 valence electrons. The van der Waals surface area contributed by atoms with Crippen molar-refractivity contribution in [2.45, 2.75) is 23.7 Å². The molecule has 0 saturated carbocycles. The normalized spacial score (nSPS) is 21.6. The van der Waals surface area contributed by atoms with E-state index in [1.165, 1.54) is 22.7 Å². The van der Waals surface area contributed by atoms with Crippen LogP contribution < -0.4 is 4.83 Å². The summed E-state index contributed by atoms with van der Waals surface area (Å²) in [6.45, 7) is 0. The van der Waals surface area contributed by atoms with Crippen LogP contribution in [0.5, 0.6) is 0 Å². The molecule has 2 aromatic rings. The average molecular weight is 471 g/mol. The Labute approximate surface area is 161 Å². The van der Waals surface area contributed by atoms with Gasteiger partial charge >= 0.3 is 0 Å². The highest BCUT2D eigenvalue weighted by molar-refractivity contribution is 9.09. The van der Waals surface area contributed by atoms with Gasteiger partial charge < -0.3 is 0 Å². The van der Waals surface area contributed by atoms with Crippen molar-refractivity contribution >= 4 is 66.1 Å². The van der Waals surface area contributed by atoms with Crippen LogP contribution >= 0.6 is 50.2 Å². The van der Waals surface area contributed by atoms with Gasteiger partial charge in [0.25, 0.3) is 0 Å². The summed E-state index contributed by atoms with van der Waals surface area (Å²) in [5.41, 5.74) is 0. The molecule has 3 rings (SSSR count). The molecule has 0 spiro atoms. The number of nitrogens with zero attached hydrogens (tertiary/aromatic N) is 2. The first-order chi connectivity index (χ1) is 11.4. The van der Waals surface area contributed by atoms with Crippen molar-refractivity contribution in [1.82, 2.24) is 14.8 Å². The number of thiophene rings is 1. The van der Waals surface area contributed by atoms with Crippen LogP contribution in [0, 0.1) is 0 Å². The number of nitrogens with one attached hydrogen (secondary N) is 1. The molecule has 0 aromatic carbocycles. The van der Waals surface area contributed by atoms with E-state index in [-0.39, 0.29) is 11.7 Å². The lowest BCUT2D eigenvalue weighted by Crippen LogP contribution is -2.47. The molecule has 1 fully saturated rings. The van der Waals surface area contributed by atoms with Gasteiger partial charge in [-0.2, -0.15) is 0 Å². The predicted octanol–water partition coefficient (Wildman–Crippen LogP) is 2.97. The zero-order valence-electron chi connectivity index (χ0n) is 12.2. The number of thiazole rings is 1. The second-order valence-electron chi connectivity index (χ2n) is 5.17. The Balaban J connectivity index is 1.64. The number of hydrogen-bond donors (Lipinski definition) is 1. The molecule has 1 amide bonds. The van der Waals surface area contributed by atoms with E-state index in [2.05, 4.69) is 25.7 Å². The quantitative estimate of drug-likeness (QED) is 0.520. The van der Waals surface area contributed by atoms with Crippen LogP contribution in [0.25, 0.3) is 0 Å². The maximum Gasteiger partial charge on any atom is 0.248 e. The summed E-state index contributed by atoms with van der Waals surface area (Å²) in [6.07, 6.45) is 2.45. The maximum absolute atomic E-state index is 12.5. The number of amides is 1. The summed E-state index contributed by atoms with van der Waals surface area (Å²) in [6, 6.07) is 3.54. The minimum Gasteiger partial charge on any atom is -0.273 e. The van der Waals surface area contributed by atoms with Gasteiger partial charge in [0.15, 0.2) is 0 Å². The summed E-state index contributed by atoms with van der Waals surface area (Å²) in [5, 5.41) is 3.63. The lowest BCUT2D eigenvalue weighted by molar-refractivity contribution is -0.130.